The Kier molecular flexibility index (Phi) is 11.4. The van der Waals surface area contributed by atoms with Crippen LogP contribution in [0.1, 0.15) is 64.2 Å². The Morgan fingerprint density at radius 1 is 0.933 bits per heavy atom. The molecule has 0 amide bonds. The molecule has 2 aromatic rings. The molecule has 2 N–H and O–H groups in total. The highest BCUT2D eigenvalue weighted by atomic mass is 79.9. The minimum absolute atomic E-state index is 0.0865. The summed E-state index contributed by atoms with van der Waals surface area (Å²) in [5.74, 6) is -0.274. The summed E-state index contributed by atoms with van der Waals surface area (Å²) in [6, 6.07) is 5.93. The summed E-state index contributed by atoms with van der Waals surface area (Å²) in [7, 11) is -7.40. The van der Waals surface area contributed by atoms with Crippen molar-refractivity contribution in [1.82, 2.24) is 14.0 Å². The van der Waals surface area contributed by atoms with E-state index in [4.69, 9.17) is 23.2 Å². The summed E-state index contributed by atoms with van der Waals surface area (Å²) in [6.07, 6.45) is 9.68. The molecule has 0 radical (unpaired) electrons. The van der Waals surface area contributed by atoms with Gasteiger partial charge in [0, 0.05) is 38.4 Å². The number of pyridine rings is 1. The molecule has 3 aliphatic rings. The minimum atomic E-state index is -3.80. The zero-order chi connectivity index (χ0) is 32.4. The first-order valence-electron chi connectivity index (χ1n) is 15.4. The Balaban J connectivity index is 1.04. The van der Waals surface area contributed by atoms with E-state index in [1.54, 1.807) is 16.4 Å². The largest absolute Gasteiger partial charge is 0.481 e. The van der Waals surface area contributed by atoms with Gasteiger partial charge < -0.3 is 10.0 Å². The topological polar surface area (TPSA) is 137 Å². The van der Waals surface area contributed by atoms with Gasteiger partial charge in [0.05, 0.1) is 26.0 Å². The summed E-state index contributed by atoms with van der Waals surface area (Å²) in [5.41, 5.74) is 0.823. The number of carbonyl (C=O) groups is 1. The quantitative estimate of drug-likeness (QED) is 0.260. The van der Waals surface area contributed by atoms with Gasteiger partial charge >= 0.3 is 5.97 Å². The second-order valence-electron chi connectivity index (χ2n) is 12.4. The predicted molar refractivity (Wildman–Crippen MR) is 178 cm³/mol. The van der Waals surface area contributed by atoms with E-state index in [0.717, 1.165) is 63.7 Å². The van der Waals surface area contributed by atoms with Crippen molar-refractivity contribution in [2.24, 2.45) is 17.8 Å². The smallest absolute Gasteiger partial charge is 0.306 e. The Labute approximate surface area is 284 Å². The number of carboxylic acids is 1. The molecule has 10 nitrogen and oxygen atoms in total. The molecule has 15 heteroatoms. The van der Waals surface area contributed by atoms with Crippen molar-refractivity contribution in [2.75, 3.05) is 31.1 Å². The van der Waals surface area contributed by atoms with Gasteiger partial charge in [-0.15, -0.1) is 0 Å². The second-order valence-corrected chi connectivity index (χ2v) is 17.7. The number of nitrogens with zero attached hydrogens (tertiary/aromatic N) is 3. The summed E-state index contributed by atoms with van der Waals surface area (Å²) in [5, 5.41) is 9.82. The van der Waals surface area contributed by atoms with Crippen LogP contribution < -0.4 is 9.62 Å². The van der Waals surface area contributed by atoms with E-state index >= 15 is 0 Å². The third-order valence-electron chi connectivity index (χ3n) is 9.50. The zero-order valence-corrected chi connectivity index (χ0v) is 29.6. The second kappa shape index (κ2) is 14.7. The fourth-order valence-electron chi connectivity index (χ4n) is 6.80. The average molecular weight is 767 g/mol. The molecule has 2 atom stereocenters. The molecular weight excluding hydrogens is 727 g/mol. The van der Waals surface area contributed by atoms with Crippen LogP contribution in [0.15, 0.2) is 44.7 Å². The van der Waals surface area contributed by atoms with Gasteiger partial charge in [0.2, 0.25) is 20.0 Å². The van der Waals surface area contributed by atoms with E-state index in [9.17, 15) is 26.7 Å². The number of piperidine rings is 2. The standard InChI is InChI=1S/C30H39BrCl2N4O6S2/c31-26-17-25(19-34-29(26)33)45(42,43)37-14-10-21(11-15-37)3-1-2-20-8-12-36(13-9-20)28-7-6-24(18-27(28)32)44(40,41)35-23-5-4-22(16-23)30(38)39/h6-7,17-23,35H,1-5,8-16H2,(H,38,39). The SMILES string of the molecule is O=C(O)C1CCC(NS(=O)(=O)c2ccc(N3CCC(CCCC4CCN(S(=O)(=O)c5cnc(Cl)c(Br)c5)CC4)CC3)c(Cl)c2)C1. The van der Waals surface area contributed by atoms with Gasteiger partial charge in [0.1, 0.15) is 10.0 Å². The van der Waals surface area contributed by atoms with Crippen LogP contribution in [0.25, 0.3) is 0 Å². The first-order chi connectivity index (χ1) is 21.3. The lowest BCUT2D eigenvalue weighted by atomic mass is 9.87. The lowest BCUT2D eigenvalue weighted by Crippen LogP contribution is -2.38. The van der Waals surface area contributed by atoms with Crippen LogP contribution in [0.3, 0.4) is 0 Å². The van der Waals surface area contributed by atoms with Crippen molar-refractivity contribution in [1.29, 1.82) is 0 Å². The van der Waals surface area contributed by atoms with E-state index in [2.05, 4.69) is 30.5 Å². The summed E-state index contributed by atoms with van der Waals surface area (Å²) >= 11 is 15.8. The molecule has 1 aromatic heterocycles. The zero-order valence-electron chi connectivity index (χ0n) is 24.9. The number of rotatable bonds is 11. The van der Waals surface area contributed by atoms with Crippen molar-refractivity contribution >= 4 is 70.8 Å². The molecule has 1 saturated carbocycles. The molecule has 0 spiro atoms. The molecule has 3 fully saturated rings. The average Bonchev–Trinajstić information content (AvgIpc) is 3.47. The van der Waals surface area contributed by atoms with Crippen LogP contribution in [0, 0.1) is 17.8 Å². The van der Waals surface area contributed by atoms with Gasteiger partial charge in [-0.3, -0.25) is 4.79 Å². The minimum Gasteiger partial charge on any atom is -0.481 e. The molecule has 3 heterocycles. The van der Waals surface area contributed by atoms with Crippen molar-refractivity contribution in [3.05, 3.63) is 45.1 Å². The predicted octanol–water partition coefficient (Wildman–Crippen LogP) is 6.17. The molecular formula is C30H39BrCl2N4O6S2. The molecule has 2 unspecified atom stereocenters. The van der Waals surface area contributed by atoms with Crippen molar-refractivity contribution < 1.29 is 26.7 Å². The Morgan fingerprint density at radius 3 is 2.16 bits per heavy atom. The molecule has 45 heavy (non-hydrogen) atoms. The normalized spacial score (nSPS) is 22.6. The van der Waals surface area contributed by atoms with Crippen molar-refractivity contribution in [3.8, 4) is 0 Å². The van der Waals surface area contributed by atoms with Crippen molar-refractivity contribution in [2.45, 2.75) is 80.0 Å². The maximum Gasteiger partial charge on any atom is 0.306 e. The van der Waals surface area contributed by atoms with E-state index in [-0.39, 0.29) is 14.9 Å². The van der Waals surface area contributed by atoms with Crippen LogP contribution in [0.4, 0.5) is 5.69 Å². The van der Waals surface area contributed by atoms with Gasteiger partial charge in [-0.05, 0) is 97.0 Å². The molecule has 248 valence electrons. The van der Waals surface area contributed by atoms with Crippen LogP contribution >= 0.6 is 39.1 Å². The summed E-state index contributed by atoms with van der Waals surface area (Å²) in [4.78, 5) is 17.6. The van der Waals surface area contributed by atoms with Gasteiger partial charge in [0.15, 0.2) is 0 Å². The third-order valence-corrected chi connectivity index (χ3v) is 14.3. The van der Waals surface area contributed by atoms with Crippen LogP contribution in [-0.2, 0) is 24.8 Å². The van der Waals surface area contributed by atoms with Gasteiger partial charge in [-0.25, -0.2) is 26.5 Å². The molecule has 1 aromatic carbocycles. The number of aromatic nitrogens is 1. The highest BCUT2D eigenvalue weighted by Gasteiger charge is 2.33. The van der Waals surface area contributed by atoms with E-state index in [1.165, 1.54) is 18.3 Å². The third kappa shape index (κ3) is 8.52. The Bertz CT molecular complexity index is 1600. The number of benzene rings is 1. The number of hydrogen-bond donors (Lipinski definition) is 2. The number of nitrogens with one attached hydrogen (secondary N) is 1. The van der Waals surface area contributed by atoms with Crippen LogP contribution in [0.5, 0.6) is 0 Å². The molecule has 2 saturated heterocycles. The first kappa shape index (κ1) is 34.8. The summed E-state index contributed by atoms with van der Waals surface area (Å²) in [6.45, 7) is 2.71. The number of anilines is 1. The molecule has 1 aliphatic carbocycles. The Hall–Kier alpha value is -1.48. The number of sulfonamides is 2. The first-order valence-corrected chi connectivity index (χ1v) is 19.9. The van der Waals surface area contributed by atoms with Gasteiger partial charge in [0.25, 0.3) is 0 Å². The van der Waals surface area contributed by atoms with E-state index in [0.29, 0.717) is 53.7 Å². The number of halogens is 3. The van der Waals surface area contributed by atoms with Gasteiger partial charge in [-0.1, -0.05) is 42.5 Å². The monoisotopic (exact) mass is 764 g/mol. The van der Waals surface area contributed by atoms with Gasteiger partial charge in [-0.2, -0.15) is 4.31 Å². The Morgan fingerprint density at radius 2 is 1.58 bits per heavy atom. The molecule has 0 bridgehead atoms. The van der Waals surface area contributed by atoms with Crippen molar-refractivity contribution in [3.63, 3.8) is 0 Å². The van der Waals surface area contributed by atoms with E-state index in [1.807, 2.05) is 0 Å². The maximum absolute atomic E-state index is 13.0. The fraction of sp³-hybridized carbons (Fsp3) is 0.600. The lowest BCUT2D eigenvalue weighted by Gasteiger charge is -2.35. The number of hydrogen-bond acceptors (Lipinski definition) is 7. The fourth-order valence-corrected chi connectivity index (χ4v) is 10.5. The number of carboxylic acid groups (broad SMARTS) is 1. The number of aliphatic carboxylic acids is 1. The highest BCUT2D eigenvalue weighted by molar-refractivity contribution is 9.10. The molecule has 5 rings (SSSR count). The van der Waals surface area contributed by atoms with Crippen LogP contribution in [-0.4, -0.2) is 69.4 Å². The highest BCUT2D eigenvalue weighted by Crippen LogP contribution is 2.35. The summed E-state index contributed by atoms with van der Waals surface area (Å²) < 4.78 is 56.6. The van der Waals surface area contributed by atoms with Crippen LogP contribution in [0.2, 0.25) is 10.2 Å². The lowest BCUT2D eigenvalue weighted by molar-refractivity contribution is -0.141. The molecule has 2 aliphatic heterocycles. The maximum atomic E-state index is 13.0. The van der Waals surface area contributed by atoms with E-state index < -0.39 is 38.0 Å².